The average Bonchev–Trinajstić information content (AvgIpc) is 3.16. The third-order valence-corrected chi connectivity index (χ3v) is 5.34. The molecule has 1 fully saturated rings. The highest BCUT2D eigenvalue weighted by atomic mass is 35.5. The fourth-order valence-electron chi connectivity index (χ4n) is 3.20. The highest BCUT2D eigenvalue weighted by Crippen LogP contribution is 2.29. The Bertz CT molecular complexity index is 1080. The number of imidazole rings is 1. The summed E-state index contributed by atoms with van der Waals surface area (Å²) < 4.78 is 44.3. The number of nitrogens with zero attached hydrogens (tertiary/aromatic N) is 6. The van der Waals surface area contributed by atoms with E-state index in [9.17, 15) is 33.2 Å². The number of hydrogen-bond donors (Lipinski definition) is 1. The first-order valence-corrected chi connectivity index (χ1v) is 10.7. The molecule has 1 aromatic carbocycles. The van der Waals surface area contributed by atoms with Crippen molar-refractivity contribution in [3.8, 4) is 0 Å². The van der Waals surface area contributed by atoms with Gasteiger partial charge < -0.3 is 24.9 Å². The number of benzene rings is 1. The molecule has 0 bridgehead atoms. The van der Waals surface area contributed by atoms with Gasteiger partial charge in [-0.05, 0) is 46.1 Å². The Labute approximate surface area is 202 Å². The van der Waals surface area contributed by atoms with Crippen molar-refractivity contribution in [2.75, 3.05) is 32.8 Å². The summed E-state index contributed by atoms with van der Waals surface area (Å²) in [6, 6.07) is 4.60. The zero-order chi connectivity index (χ0) is 25.8. The lowest BCUT2D eigenvalue weighted by atomic mass is 10.1. The van der Waals surface area contributed by atoms with E-state index >= 15 is 0 Å². The molecular weight excluding hydrogens is 497 g/mol. The van der Waals surface area contributed by atoms with Crippen molar-refractivity contribution in [1.29, 1.82) is 0 Å². The standard InChI is InChI=1S/C20H22ClF3N6O5/c1-19(32,12-28-11-16(30(33)34)26-17(28)21)13-35-18(31)27-6-8-29(9-7-27)25-10-14-2-4-15(5-3-14)20(22,23)24/h2-5,10-11,32H,6-9,12-13H2,1H3. The molecule has 2 heterocycles. The monoisotopic (exact) mass is 518 g/mol. The van der Waals surface area contributed by atoms with Gasteiger partial charge in [-0.1, -0.05) is 12.1 Å². The molecule has 3 rings (SSSR count). The van der Waals surface area contributed by atoms with E-state index < -0.39 is 34.2 Å². The van der Waals surface area contributed by atoms with Gasteiger partial charge in [-0.3, -0.25) is 9.58 Å². The third-order valence-electron chi connectivity index (χ3n) is 5.04. The van der Waals surface area contributed by atoms with Crippen LogP contribution in [-0.2, 0) is 17.5 Å². The van der Waals surface area contributed by atoms with E-state index in [0.717, 1.165) is 18.3 Å². The molecule has 1 atom stereocenters. The maximum atomic E-state index is 12.6. The minimum absolute atomic E-state index is 0.184. The first kappa shape index (κ1) is 26.2. The first-order valence-electron chi connectivity index (χ1n) is 10.3. The summed E-state index contributed by atoms with van der Waals surface area (Å²) in [5.41, 5.74) is -1.80. The zero-order valence-electron chi connectivity index (χ0n) is 18.5. The van der Waals surface area contributed by atoms with Gasteiger partial charge in [-0.25, -0.2) is 4.79 Å². The largest absolute Gasteiger partial charge is 0.446 e. The molecule has 1 amide bonds. The second-order valence-corrected chi connectivity index (χ2v) is 8.45. The zero-order valence-corrected chi connectivity index (χ0v) is 19.2. The molecule has 1 N–H and O–H groups in total. The lowest BCUT2D eigenvalue weighted by Crippen LogP contribution is -2.48. The van der Waals surface area contributed by atoms with Crippen LogP contribution in [0.25, 0.3) is 0 Å². The second kappa shape index (κ2) is 10.5. The highest BCUT2D eigenvalue weighted by molar-refractivity contribution is 6.28. The van der Waals surface area contributed by atoms with Crippen LogP contribution >= 0.6 is 11.6 Å². The smallest absolute Gasteiger partial charge is 0.416 e. The number of carbonyl (C=O) groups is 1. The van der Waals surface area contributed by atoms with Crippen LogP contribution < -0.4 is 0 Å². The molecule has 2 aromatic rings. The molecule has 0 aliphatic carbocycles. The number of rotatable bonds is 7. The van der Waals surface area contributed by atoms with E-state index in [2.05, 4.69) is 10.1 Å². The molecule has 1 aliphatic heterocycles. The summed E-state index contributed by atoms with van der Waals surface area (Å²) in [7, 11) is 0. The highest BCUT2D eigenvalue weighted by Gasteiger charge is 2.31. The van der Waals surface area contributed by atoms with Crippen molar-refractivity contribution >= 4 is 29.7 Å². The molecule has 190 valence electrons. The number of aliphatic hydroxyl groups is 1. The number of hydrogen-bond acceptors (Lipinski definition) is 8. The Hall–Kier alpha value is -3.39. The quantitative estimate of drug-likeness (QED) is 0.339. The maximum absolute atomic E-state index is 12.6. The van der Waals surface area contributed by atoms with Gasteiger partial charge in [0.1, 0.15) is 18.4 Å². The van der Waals surface area contributed by atoms with Crippen LogP contribution in [0, 0.1) is 10.1 Å². The van der Waals surface area contributed by atoms with Crippen LogP contribution in [0.5, 0.6) is 0 Å². The van der Waals surface area contributed by atoms with Crippen molar-refractivity contribution in [3.05, 3.63) is 57.0 Å². The summed E-state index contributed by atoms with van der Waals surface area (Å²) >= 11 is 5.84. The van der Waals surface area contributed by atoms with Crippen LogP contribution in [0.3, 0.4) is 0 Å². The molecule has 1 unspecified atom stereocenters. The molecule has 1 saturated heterocycles. The number of hydrazone groups is 1. The van der Waals surface area contributed by atoms with E-state index in [1.54, 1.807) is 5.01 Å². The number of carbonyl (C=O) groups excluding carboxylic acids is 1. The fraction of sp³-hybridized carbons (Fsp3) is 0.450. The van der Waals surface area contributed by atoms with Crippen LogP contribution in [0.2, 0.25) is 5.28 Å². The van der Waals surface area contributed by atoms with Gasteiger partial charge >= 0.3 is 23.4 Å². The summed E-state index contributed by atoms with van der Waals surface area (Å²) in [4.78, 5) is 27.4. The summed E-state index contributed by atoms with van der Waals surface area (Å²) in [6.07, 6.45) is -2.54. The summed E-state index contributed by atoms with van der Waals surface area (Å²) in [6.45, 7) is 2.12. The summed E-state index contributed by atoms with van der Waals surface area (Å²) in [5, 5.41) is 27.0. The number of piperazine rings is 1. The van der Waals surface area contributed by atoms with Crippen molar-refractivity contribution in [1.82, 2.24) is 19.5 Å². The predicted octanol–water partition coefficient (Wildman–Crippen LogP) is 3.00. The third kappa shape index (κ3) is 7.29. The molecule has 11 nitrogen and oxygen atoms in total. The molecule has 0 spiro atoms. The lowest BCUT2D eigenvalue weighted by molar-refractivity contribution is -0.389. The van der Waals surface area contributed by atoms with Crippen molar-refractivity contribution < 1.29 is 32.7 Å². The number of halogens is 4. The number of aromatic nitrogens is 2. The van der Waals surface area contributed by atoms with Crippen LogP contribution in [0.4, 0.5) is 23.8 Å². The minimum Gasteiger partial charge on any atom is -0.446 e. The maximum Gasteiger partial charge on any atom is 0.416 e. The van der Waals surface area contributed by atoms with Crippen LogP contribution in [0.15, 0.2) is 35.6 Å². The minimum atomic E-state index is -4.40. The first-order chi connectivity index (χ1) is 16.3. The van der Waals surface area contributed by atoms with E-state index in [0.29, 0.717) is 18.7 Å². The number of nitro groups is 1. The molecule has 0 radical (unpaired) electrons. The molecule has 15 heteroatoms. The Kier molecular flexibility index (Phi) is 7.85. The average molecular weight is 519 g/mol. The van der Waals surface area contributed by atoms with Gasteiger partial charge in [0.15, 0.2) is 0 Å². The van der Waals surface area contributed by atoms with Gasteiger partial charge in [0, 0.05) is 13.1 Å². The number of alkyl halides is 3. The van der Waals surface area contributed by atoms with Gasteiger partial charge in [-0.2, -0.15) is 18.3 Å². The predicted molar refractivity (Wildman–Crippen MR) is 118 cm³/mol. The molecule has 35 heavy (non-hydrogen) atoms. The van der Waals surface area contributed by atoms with Crippen molar-refractivity contribution in [3.63, 3.8) is 0 Å². The van der Waals surface area contributed by atoms with Crippen LogP contribution in [-0.4, -0.2) is 80.2 Å². The number of ether oxygens (including phenoxy) is 1. The van der Waals surface area contributed by atoms with Crippen molar-refractivity contribution in [2.45, 2.75) is 25.2 Å². The van der Waals surface area contributed by atoms with Crippen LogP contribution in [0.1, 0.15) is 18.1 Å². The Morgan fingerprint density at radius 2 is 1.91 bits per heavy atom. The Morgan fingerprint density at radius 1 is 1.29 bits per heavy atom. The normalized spacial score (nSPS) is 16.4. The van der Waals surface area contributed by atoms with E-state index in [-0.39, 0.29) is 31.5 Å². The van der Waals surface area contributed by atoms with E-state index in [4.69, 9.17) is 16.3 Å². The molecule has 0 saturated carbocycles. The van der Waals surface area contributed by atoms with E-state index in [1.807, 2.05) is 0 Å². The van der Waals surface area contributed by atoms with Gasteiger partial charge in [0.2, 0.25) is 0 Å². The molecule has 1 aromatic heterocycles. The topological polar surface area (TPSA) is 126 Å². The second-order valence-electron chi connectivity index (χ2n) is 8.11. The lowest BCUT2D eigenvalue weighted by Gasteiger charge is -2.33. The van der Waals surface area contributed by atoms with Gasteiger partial charge in [0.25, 0.3) is 0 Å². The molecular formula is C20H22ClF3N6O5. The fourth-order valence-corrected chi connectivity index (χ4v) is 3.40. The van der Waals surface area contributed by atoms with Crippen molar-refractivity contribution in [2.24, 2.45) is 5.10 Å². The summed E-state index contributed by atoms with van der Waals surface area (Å²) in [5.74, 6) is -0.471. The van der Waals surface area contributed by atoms with E-state index in [1.165, 1.54) is 34.7 Å². The number of amides is 1. The Morgan fingerprint density at radius 3 is 2.46 bits per heavy atom. The SMILES string of the molecule is CC(O)(COC(=O)N1CCN(N=Cc2ccc(C(F)(F)F)cc2)CC1)Cn1cc([N+](=O)[O-])nc1Cl. The van der Waals surface area contributed by atoms with Gasteiger partial charge in [-0.15, -0.1) is 0 Å². The van der Waals surface area contributed by atoms with Gasteiger partial charge in [0.05, 0.1) is 31.4 Å². The Balaban J connectivity index is 1.45. The molecule has 1 aliphatic rings.